The van der Waals surface area contributed by atoms with E-state index in [0.717, 1.165) is 10.6 Å². The predicted molar refractivity (Wildman–Crippen MR) is 78.1 cm³/mol. The predicted octanol–water partition coefficient (Wildman–Crippen LogP) is 3.69. The standard InChI is InChI=1S/C15H11NO4S/c1-19-11-4-2-3-5-13(11)21-15-16-10-7-6-9(14(17)18)8-12(10)20-15/h2-8H,1H3,(H,17,18). The molecule has 0 spiro atoms. The number of aromatic nitrogens is 1. The van der Waals surface area contributed by atoms with Crippen molar-refractivity contribution in [1.82, 2.24) is 4.98 Å². The van der Waals surface area contributed by atoms with Crippen molar-refractivity contribution in [3.8, 4) is 5.75 Å². The van der Waals surface area contributed by atoms with Crippen LogP contribution in [0, 0.1) is 0 Å². The zero-order valence-corrected chi connectivity index (χ0v) is 11.9. The number of carboxylic acids is 1. The van der Waals surface area contributed by atoms with E-state index in [1.54, 1.807) is 13.2 Å². The average molecular weight is 301 g/mol. The number of hydrogen-bond acceptors (Lipinski definition) is 5. The van der Waals surface area contributed by atoms with E-state index in [9.17, 15) is 4.79 Å². The van der Waals surface area contributed by atoms with Crippen LogP contribution in [0.4, 0.5) is 0 Å². The first-order valence-corrected chi connectivity index (χ1v) is 6.94. The lowest BCUT2D eigenvalue weighted by Crippen LogP contribution is -1.94. The molecule has 21 heavy (non-hydrogen) atoms. The Morgan fingerprint density at radius 1 is 1.29 bits per heavy atom. The maximum Gasteiger partial charge on any atom is 0.335 e. The zero-order chi connectivity index (χ0) is 14.8. The molecule has 0 amide bonds. The fourth-order valence-corrected chi connectivity index (χ4v) is 2.74. The molecule has 0 saturated heterocycles. The van der Waals surface area contributed by atoms with E-state index in [0.29, 0.717) is 16.3 Å². The number of methoxy groups -OCH3 is 1. The minimum atomic E-state index is -0.993. The van der Waals surface area contributed by atoms with Crippen LogP contribution in [0.1, 0.15) is 10.4 Å². The summed E-state index contributed by atoms with van der Waals surface area (Å²) in [6, 6.07) is 12.1. The molecule has 0 aliphatic carbocycles. The summed E-state index contributed by atoms with van der Waals surface area (Å²) in [6.07, 6.45) is 0. The van der Waals surface area contributed by atoms with E-state index in [4.69, 9.17) is 14.3 Å². The third kappa shape index (κ3) is 2.71. The van der Waals surface area contributed by atoms with E-state index >= 15 is 0 Å². The number of aromatic carboxylic acids is 1. The zero-order valence-electron chi connectivity index (χ0n) is 11.1. The van der Waals surface area contributed by atoms with Gasteiger partial charge in [0.05, 0.1) is 17.6 Å². The Morgan fingerprint density at radius 2 is 2.10 bits per heavy atom. The van der Waals surface area contributed by atoms with E-state index in [1.165, 1.54) is 23.9 Å². The Kier molecular flexibility index (Phi) is 3.53. The molecule has 1 N–H and O–H groups in total. The molecular weight excluding hydrogens is 290 g/mol. The number of carbonyl (C=O) groups is 1. The van der Waals surface area contributed by atoms with Crippen LogP contribution in [-0.2, 0) is 0 Å². The molecule has 1 aromatic heterocycles. The first-order valence-electron chi connectivity index (χ1n) is 6.12. The summed E-state index contributed by atoms with van der Waals surface area (Å²) in [6.45, 7) is 0. The molecule has 0 aliphatic heterocycles. The molecule has 3 aromatic rings. The maximum atomic E-state index is 10.9. The van der Waals surface area contributed by atoms with Crippen molar-refractivity contribution >= 4 is 28.8 Å². The number of hydrogen-bond donors (Lipinski definition) is 1. The minimum absolute atomic E-state index is 0.174. The van der Waals surface area contributed by atoms with Crippen molar-refractivity contribution in [3.63, 3.8) is 0 Å². The van der Waals surface area contributed by atoms with Gasteiger partial charge in [0.2, 0.25) is 0 Å². The fourth-order valence-electron chi connectivity index (χ4n) is 1.88. The normalized spacial score (nSPS) is 10.7. The molecule has 0 radical (unpaired) electrons. The summed E-state index contributed by atoms with van der Waals surface area (Å²) < 4.78 is 10.9. The highest BCUT2D eigenvalue weighted by Gasteiger charge is 2.12. The van der Waals surface area contributed by atoms with E-state index < -0.39 is 5.97 Å². The van der Waals surface area contributed by atoms with Gasteiger partial charge in [-0.1, -0.05) is 12.1 Å². The van der Waals surface area contributed by atoms with Gasteiger partial charge < -0.3 is 14.3 Å². The van der Waals surface area contributed by atoms with Gasteiger partial charge in [0.15, 0.2) is 5.58 Å². The molecule has 0 fully saturated rings. The highest BCUT2D eigenvalue weighted by molar-refractivity contribution is 7.99. The van der Waals surface area contributed by atoms with Crippen LogP contribution in [0.2, 0.25) is 0 Å². The number of carboxylic acid groups (broad SMARTS) is 1. The summed E-state index contributed by atoms with van der Waals surface area (Å²) in [4.78, 5) is 16.2. The minimum Gasteiger partial charge on any atom is -0.496 e. The monoisotopic (exact) mass is 301 g/mol. The molecule has 2 aromatic carbocycles. The summed E-state index contributed by atoms with van der Waals surface area (Å²) in [5.74, 6) is -0.261. The SMILES string of the molecule is COc1ccccc1Sc1nc2ccc(C(=O)O)cc2o1. The molecule has 0 saturated carbocycles. The number of nitrogens with zero attached hydrogens (tertiary/aromatic N) is 1. The number of rotatable bonds is 4. The number of benzene rings is 2. The largest absolute Gasteiger partial charge is 0.496 e. The van der Waals surface area contributed by atoms with Crippen LogP contribution >= 0.6 is 11.8 Å². The summed E-state index contributed by atoms with van der Waals surface area (Å²) in [7, 11) is 1.60. The molecule has 106 valence electrons. The number of ether oxygens (including phenoxy) is 1. The van der Waals surface area contributed by atoms with Gasteiger partial charge in [0.1, 0.15) is 11.3 Å². The lowest BCUT2D eigenvalue weighted by atomic mass is 10.2. The smallest absolute Gasteiger partial charge is 0.335 e. The third-order valence-corrected chi connectivity index (χ3v) is 3.79. The third-order valence-electron chi connectivity index (χ3n) is 2.88. The summed E-state index contributed by atoms with van der Waals surface area (Å²) in [5.41, 5.74) is 1.25. The van der Waals surface area contributed by atoms with Crippen molar-refractivity contribution in [3.05, 3.63) is 48.0 Å². The van der Waals surface area contributed by atoms with Gasteiger partial charge in [-0.25, -0.2) is 9.78 Å². The maximum absolute atomic E-state index is 10.9. The van der Waals surface area contributed by atoms with Crippen LogP contribution in [0.3, 0.4) is 0 Å². The molecule has 3 rings (SSSR count). The van der Waals surface area contributed by atoms with Crippen LogP contribution in [0.15, 0.2) is 57.0 Å². The number of oxazole rings is 1. The topological polar surface area (TPSA) is 72.6 Å². The quantitative estimate of drug-likeness (QED) is 0.792. The van der Waals surface area contributed by atoms with Crippen molar-refractivity contribution in [2.45, 2.75) is 10.1 Å². The van der Waals surface area contributed by atoms with Gasteiger partial charge in [-0.2, -0.15) is 0 Å². The van der Waals surface area contributed by atoms with Crippen LogP contribution in [0.5, 0.6) is 5.75 Å². The second kappa shape index (κ2) is 5.49. The van der Waals surface area contributed by atoms with Crippen molar-refractivity contribution in [2.75, 3.05) is 7.11 Å². The molecule has 0 unspecified atom stereocenters. The van der Waals surface area contributed by atoms with E-state index in [2.05, 4.69) is 4.98 Å². The molecule has 1 heterocycles. The number of fused-ring (bicyclic) bond motifs is 1. The Morgan fingerprint density at radius 3 is 2.86 bits per heavy atom. The van der Waals surface area contributed by atoms with Crippen LogP contribution < -0.4 is 4.74 Å². The lowest BCUT2D eigenvalue weighted by molar-refractivity contribution is 0.0697. The highest BCUT2D eigenvalue weighted by atomic mass is 32.2. The van der Waals surface area contributed by atoms with Crippen LogP contribution in [-0.4, -0.2) is 23.2 Å². The van der Waals surface area contributed by atoms with Crippen molar-refractivity contribution in [2.24, 2.45) is 0 Å². The highest BCUT2D eigenvalue weighted by Crippen LogP contribution is 2.35. The second-order valence-corrected chi connectivity index (χ2v) is 5.21. The fraction of sp³-hybridized carbons (Fsp3) is 0.0667. The van der Waals surface area contributed by atoms with E-state index in [1.807, 2.05) is 24.3 Å². The molecule has 0 bridgehead atoms. The Labute approximate surface area is 124 Å². The molecule has 6 heteroatoms. The van der Waals surface area contributed by atoms with Gasteiger partial charge in [-0.3, -0.25) is 0 Å². The second-order valence-electron chi connectivity index (χ2n) is 4.22. The first kappa shape index (κ1) is 13.5. The average Bonchev–Trinajstić information content (AvgIpc) is 2.89. The van der Waals surface area contributed by atoms with Gasteiger partial charge in [-0.05, 0) is 42.1 Å². The summed E-state index contributed by atoms with van der Waals surface area (Å²) >= 11 is 1.33. The van der Waals surface area contributed by atoms with Gasteiger partial charge in [0.25, 0.3) is 5.22 Å². The molecule has 0 atom stereocenters. The Bertz CT molecular complexity index is 812. The molecule has 5 nitrogen and oxygen atoms in total. The van der Waals surface area contributed by atoms with Gasteiger partial charge in [-0.15, -0.1) is 0 Å². The molecular formula is C15H11NO4S. The molecule has 0 aliphatic rings. The summed E-state index contributed by atoms with van der Waals surface area (Å²) in [5, 5.41) is 9.41. The van der Waals surface area contributed by atoms with E-state index in [-0.39, 0.29) is 5.56 Å². The first-order chi connectivity index (χ1) is 10.2. The van der Waals surface area contributed by atoms with Crippen molar-refractivity contribution < 1.29 is 19.1 Å². The lowest BCUT2D eigenvalue weighted by Gasteiger charge is -2.04. The Balaban J connectivity index is 1.96. The van der Waals surface area contributed by atoms with Gasteiger partial charge in [0, 0.05) is 0 Å². The van der Waals surface area contributed by atoms with Crippen LogP contribution in [0.25, 0.3) is 11.1 Å². The van der Waals surface area contributed by atoms with Gasteiger partial charge >= 0.3 is 5.97 Å². The Hall–Kier alpha value is -2.47. The van der Waals surface area contributed by atoms with Crippen molar-refractivity contribution in [1.29, 1.82) is 0 Å². The number of para-hydroxylation sites is 1.